The molecule has 1 atom stereocenters. The van der Waals surface area contributed by atoms with Crippen LogP contribution in [0.25, 0.3) is 0 Å². The summed E-state index contributed by atoms with van der Waals surface area (Å²) in [7, 11) is -3.09. The van der Waals surface area contributed by atoms with Gasteiger partial charge in [-0.3, -0.25) is 4.57 Å². The average Bonchev–Trinajstić information content (AvgIpc) is 3.33. The van der Waals surface area contributed by atoms with Crippen LogP contribution < -0.4 is 15.7 Å². The maximum Gasteiger partial charge on any atom is 0.205 e. The Balaban J connectivity index is 1.78. The van der Waals surface area contributed by atoms with Gasteiger partial charge in [0.25, 0.3) is 0 Å². The predicted octanol–water partition coefficient (Wildman–Crippen LogP) is 5.36. The minimum atomic E-state index is -3.09. The Morgan fingerprint density at radius 3 is 1.83 bits per heavy atom. The van der Waals surface area contributed by atoms with Gasteiger partial charge < -0.3 is 0 Å². The highest BCUT2D eigenvalue weighted by Gasteiger charge is 2.30. The monoisotopic (exact) mass is 413 g/mol. The second kappa shape index (κ2) is 9.07. The summed E-state index contributed by atoms with van der Waals surface area (Å²) < 4.78 is 14.4. The molecule has 1 unspecified atom stereocenters. The van der Waals surface area contributed by atoms with Crippen LogP contribution in [0.3, 0.4) is 0 Å². The second-order valence-corrected chi connectivity index (χ2v) is 9.82. The molecule has 0 saturated carbocycles. The summed E-state index contributed by atoms with van der Waals surface area (Å²) in [6, 6.07) is 30.7. The van der Waals surface area contributed by atoms with Gasteiger partial charge in [-0.15, -0.1) is 0 Å². The van der Waals surface area contributed by atoms with Gasteiger partial charge in [0.15, 0.2) is 0 Å². The van der Waals surface area contributed by atoms with Gasteiger partial charge in [0, 0.05) is 16.2 Å². The van der Waals surface area contributed by atoms with E-state index in [1.165, 1.54) is 0 Å². The molecule has 0 aliphatic carbocycles. The van der Waals surface area contributed by atoms with Crippen LogP contribution in [0.2, 0.25) is 0 Å². The lowest BCUT2D eigenvalue weighted by Crippen LogP contribution is -2.30. The van der Waals surface area contributed by atoms with E-state index in [1.807, 2.05) is 102 Å². The highest BCUT2D eigenvalue weighted by molar-refractivity contribution is 7.76. The summed E-state index contributed by atoms with van der Waals surface area (Å²) in [5, 5.41) is 9.04. The lowest BCUT2D eigenvalue weighted by Gasteiger charge is -2.24. The van der Waals surface area contributed by atoms with Crippen LogP contribution in [-0.4, -0.2) is 0 Å². The summed E-state index contributed by atoms with van der Waals surface area (Å²) in [4.78, 5) is 0. The first-order valence-electron chi connectivity index (χ1n) is 9.33. The van der Waals surface area contributed by atoms with Gasteiger partial charge in [-0.25, -0.2) is 5.09 Å². The van der Waals surface area contributed by atoms with Gasteiger partial charge in [0.05, 0.1) is 0 Å². The Morgan fingerprint density at radius 1 is 0.759 bits per heavy atom. The summed E-state index contributed by atoms with van der Waals surface area (Å²) in [6.45, 7) is 0. The molecule has 1 N–H and O–H groups in total. The SMILES string of the molecule is O=P(NC(C#Cc1ccccc1)c1ccsc1)(c1ccccc1)c1ccccc1. The number of rotatable bonds is 5. The molecule has 2 nitrogen and oxygen atoms in total. The van der Waals surface area contributed by atoms with Crippen molar-refractivity contribution in [3.8, 4) is 11.8 Å². The Kier molecular flexibility index (Phi) is 6.08. The van der Waals surface area contributed by atoms with Crippen molar-refractivity contribution in [2.45, 2.75) is 6.04 Å². The minimum Gasteiger partial charge on any atom is -0.296 e. The molecule has 29 heavy (non-hydrogen) atoms. The largest absolute Gasteiger partial charge is 0.296 e. The molecule has 4 heteroatoms. The van der Waals surface area contributed by atoms with E-state index in [2.05, 4.69) is 22.3 Å². The van der Waals surface area contributed by atoms with Crippen molar-refractivity contribution < 1.29 is 4.57 Å². The fourth-order valence-corrected chi connectivity index (χ4v) is 6.11. The molecular weight excluding hydrogens is 393 g/mol. The lowest BCUT2D eigenvalue weighted by molar-refractivity contribution is 0.574. The standard InChI is InChI=1S/C25H20NOPS/c27-28(23-12-6-2-7-13-23,24-14-8-3-9-15-24)26-25(22-18-19-29-20-22)17-16-21-10-4-1-5-11-21/h1-15,18-20,25H,(H,26,27). The highest BCUT2D eigenvalue weighted by atomic mass is 32.1. The first kappa shape index (κ1) is 19.4. The molecule has 4 rings (SSSR count). The van der Waals surface area contributed by atoms with Crippen LogP contribution in [0.5, 0.6) is 0 Å². The van der Waals surface area contributed by atoms with Crippen LogP contribution in [0.15, 0.2) is 108 Å². The number of thiophene rings is 1. The maximum atomic E-state index is 14.4. The third-order valence-electron chi connectivity index (χ3n) is 4.56. The molecule has 0 aliphatic heterocycles. The van der Waals surface area contributed by atoms with Gasteiger partial charge in [-0.2, -0.15) is 11.3 Å². The summed E-state index contributed by atoms with van der Waals surface area (Å²) in [5.74, 6) is 6.54. The summed E-state index contributed by atoms with van der Waals surface area (Å²) in [5.41, 5.74) is 1.95. The Bertz CT molecular complexity index is 1100. The Morgan fingerprint density at radius 2 is 1.31 bits per heavy atom. The first-order valence-corrected chi connectivity index (χ1v) is 12.0. The normalized spacial score (nSPS) is 12.0. The Hall–Kier alpha value is -2.89. The molecule has 1 heterocycles. The third-order valence-corrected chi connectivity index (χ3v) is 7.94. The molecule has 0 amide bonds. The summed E-state index contributed by atoms with van der Waals surface area (Å²) in [6.07, 6.45) is 0. The number of hydrogen-bond acceptors (Lipinski definition) is 2. The minimum absolute atomic E-state index is 0.354. The Labute approximate surface area is 175 Å². The van der Waals surface area contributed by atoms with Gasteiger partial charge in [0.1, 0.15) is 6.04 Å². The quantitative estimate of drug-likeness (QED) is 0.353. The zero-order valence-corrected chi connectivity index (χ0v) is 17.4. The van der Waals surface area contributed by atoms with E-state index in [9.17, 15) is 4.57 Å². The third kappa shape index (κ3) is 4.58. The molecule has 3 aromatic carbocycles. The van der Waals surface area contributed by atoms with Gasteiger partial charge >= 0.3 is 0 Å². The van der Waals surface area contributed by atoms with Crippen LogP contribution in [0.1, 0.15) is 17.2 Å². The van der Waals surface area contributed by atoms with Crippen LogP contribution in [0.4, 0.5) is 0 Å². The fraction of sp³-hybridized carbons (Fsp3) is 0.0400. The highest BCUT2D eigenvalue weighted by Crippen LogP contribution is 2.41. The maximum absolute atomic E-state index is 14.4. The van der Waals surface area contributed by atoms with Crippen molar-refractivity contribution in [3.63, 3.8) is 0 Å². The lowest BCUT2D eigenvalue weighted by atomic mass is 10.1. The molecule has 142 valence electrons. The van der Waals surface area contributed by atoms with Gasteiger partial charge in [-0.05, 0) is 58.8 Å². The topological polar surface area (TPSA) is 29.1 Å². The van der Waals surface area contributed by atoms with E-state index in [1.54, 1.807) is 11.3 Å². The molecular formula is C25H20NOPS. The van der Waals surface area contributed by atoms with Crippen molar-refractivity contribution in [3.05, 3.63) is 119 Å². The average molecular weight is 413 g/mol. The zero-order chi connectivity index (χ0) is 19.9. The van der Waals surface area contributed by atoms with E-state index in [4.69, 9.17) is 0 Å². The molecule has 0 spiro atoms. The van der Waals surface area contributed by atoms with Crippen LogP contribution in [0, 0.1) is 11.8 Å². The number of hydrogen-bond donors (Lipinski definition) is 1. The number of benzene rings is 3. The second-order valence-electron chi connectivity index (χ2n) is 6.53. The van der Waals surface area contributed by atoms with E-state index in [0.717, 1.165) is 21.7 Å². The molecule has 0 bridgehead atoms. The molecule has 0 fully saturated rings. The van der Waals surface area contributed by atoms with Crippen molar-refractivity contribution in [1.82, 2.24) is 5.09 Å². The first-order chi connectivity index (χ1) is 14.3. The van der Waals surface area contributed by atoms with Crippen molar-refractivity contribution >= 4 is 29.2 Å². The molecule has 0 aliphatic rings. The number of nitrogens with one attached hydrogen (secondary N) is 1. The van der Waals surface area contributed by atoms with E-state index < -0.39 is 7.29 Å². The zero-order valence-electron chi connectivity index (χ0n) is 15.7. The van der Waals surface area contributed by atoms with E-state index >= 15 is 0 Å². The predicted molar refractivity (Wildman–Crippen MR) is 123 cm³/mol. The van der Waals surface area contributed by atoms with Crippen molar-refractivity contribution in [1.29, 1.82) is 0 Å². The van der Waals surface area contributed by atoms with Crippen LogP contribution >= 0.6 is 18.6 Å². The molecule has 4 aromatic rings. The van der Waals surface area contributed by atoms with Crippen molar-refractivity contribution in [2.24, 2.45) is 0 Å². The van der Waals surface area contributed by atoms with E-state index in [-0.39, 0.29) is 6.04 Å². The molecule has 0 radical (unpaired) electrons. The van der Waals surface area contributed by atoms with Gasteiger partial charge in [0.2, 0.25) is 7.29 Å². The smallest absolute Gasteiger partial charge is 0.205 e. The summed E-state index contributed by atoms with van der Waals surface area (Å²) >= 11 is 1.61. The van der Waals surface area contributed by atoms with Crippen LogP contribution in [-0.2, 0) is 4.57 Å². The fourth-order valence-electron chi connectivity index (χ4n) is 3.06. The van der Waals surface area contributed by atoms with Crippen molar-refractivity contribution in [2.75, 3.05) is 0 Å². The van der Waals surface area contributed by atoms with Gasteiger partial charge in [-0.1, -0.05) is 66.4 Å². The van der Waals surface area contributed by atoms with E-state index in [0.29, 0.717) is 0 Å². The molecule has 1 aromatic heterocycles. The molecule has 0 saturated heterocycles.